The fourth-order valence-electron chi connectivity index (χ4n) is 2.78. The second-order valence-electron chi connectivity index (χ2n) is 6.37. The molecule has 0 radical (unpaired) electrons. The molecule has 0 bridgehead atoms. The standard InChI is InChI=1S/C19H27NO5/c1-20(10-11-23-2)19(22)17-9-8-16(14-24-17)12-18(21)25-13-15-6-4-3-5-7-15/h3-7,16-17H,8-14H2,1-2H3/t16-,17-/m0/s1. The molecule has 0 saturated carbocycles. The minimum absolute atomic E-state index is 0.0258. The zero-order valence-electron chi connectivity index (χ0n) is 15.0. The van der Waals surface area contributed by atoms with Gasteiger partial charge in [0.25, 0.3) is 5.91 Å². The molecule has 0 unspecified atom stereocenters. The highest BCUT2D eigenvalue weighted by Gasteiger charge is 2.30. The molecule has 6 heteroatoms. The summed E-state index contributed by atoms with van der Waals surface area (Å²) < 4.78 is 16.0. The van der Waals surface area contributed by atoms with Crippen LogP contribution in [0.5, 0.6) is 0 Å². The molecule has 1 aromatic carbocycles. The van der Waals surface area contributed by atoms with Gasteiger partial charge in [0.15, 0.2) is 0 Å². The van der Waals surface area contributed by atoms with Gasteiger partial charge in [-0.05, 0) is 24.3 Å². The Morgan fingerprint density at radius 1 is 1.24 bits per heavy atom. The van der Waals surface area contributed by atoms with E-state index in [1.165, 1.54) is 0 Å². The second kappa shape index (κ2) is 10.2. The maximum absolute atomic E-state index is 12.2. The number of hydrogen-bond acceptors (Lipinski definition) is 5. The average Bonchev–Trinajstić information content (AvgIpc) is 2.65. The number of carbonyl (C=O) groups is 2. The van der Waals surface area contributed by atoms with E-state index in [-0.39, 0.29) is 17.8 Å². The van der Waals surface area contributed by atoms with Crippen LogP contribution in [0, 0.1) is 5.92 Å². The van der Waals surface area contributed by atoms with Crippen LogP contribution in [0.3, 0.4) is 0 Å². The smallest absolute Gasteiger partial charge is 0.306 e. The van der Waals surface area contributed by atoms with E-state index >= 15 is 0 Å². The van der Waals surface area contributed by atoms with E-state index in [1.54, 1.807) is 19.1 Å². The van der Waals surface area contributed by atoms with Crippen molar-refractivity contribution in [2.24, 2.45) is 5.92 Å². The minimum Gasteiger partial charge on any atom is -0.461 e. The summed E-state index contributed by atoms with van der Waals surface area (Å²) in [4.78, 5) is 25.8. The van der Waals surface area contributed by atoms with Gasteiger partial charge in [0.2, 0.25) is 0 Å². The van der Waals surface area contributed by atoms with E-state index in [9.17, 15) is 9.59 Å². The van der Waals surface area contributed by atoms with Gasteiger partial charge in [0, 0.05) is 20.7 Å². The van der Waals surface area contributed by atoms with Crippen molar-refractivity contribution in [2.45, 2.75) is 32.0 Å². The Bertz CT molecular complexity index is 540. The molecular weight excluding hydrogens is 322 g/mol. The van der Waals surface area contributed by atoms with Crippen molar-refractivity contribution < 1.29 is 23.8 Å². The normalized spacial score (nSPS) is 20.1. The lowest BCUT2D eigenvalue weighted by Gasteiger charge is -2.30. The molecule has 1 aliphatic rings. The predicted octanol–water partition coefficient (Wildman–Crippen LogP) is 2.02. The highest BCUT2D eigenvalue weighted by molar-refractivity contribution is 5.80. The fraction of sp³-hybridized carbons (Fsp3) is 0.579. The summed E-state index contributed by atoms with van der Waals surface area (Å²) in [5, 5.41) is 0. The van der Waals surface area contributed by atoms with Gasteiger partial charge in [-0.3, -0.25) is 9.59 Å². The van der Waals surface area contributed by atoms with E-state index in [4.69, 9.17) is 14.2 Å². The molecule has 2 atom stereocenters. The Hall–Kier alpha value is -1.92. The Morgan fingerprint density at radius 3 is 2.64 bits per heavy atom. The van der Waals surface area contributed by atoms with E-state index in [0.717, 1.165) is 12.0 Å². The molecule has 2 rings (SSSR count). The summed E-state index contributed by atoms with van der Waals surface area (Å²) in [5.41, 5.74) is 0.973. The summed E-state index contributed by atoms with van der Waals surface area (Å²) >= 11 is 0. The first kappa shape index (κ1) is 19.4. The minimum atomic E-state index is -0.418. The molecule has 25 heavy (non-hydrogen) atoms. The number of hydrogen-bond donors (Lipinski definition) is 0. The van der Waals surface area contributed by atoms with Crippen molar-refractivity contribution in [3.05, 3.63) is 35.9 Å². The summed E-state index contributed by atoms with van der Waals surface area (Å²) in [6, 6.07) is 9.60. The van der Waals surface area contributed by atoms with Gasteiger partial charge in [-0.2, -0.15) is 0 Å². The summed E-state index contributed by atoms with van der Waals surface area (Å²) in [6.07, 6.45) is 1.33. The number of likely N-dealkylation sites (N-methyl/N-ethyl adjacent to an activating group) is 1. The van der Waals surface area contributed by atoms with Gasteiger partial charge in [-0.15, -0.1) is 0 Å². The Balaban J connectivity index is 1.67. The summed E-state index contributed by atoms with van der Waals surface area (Å²) in [6.45, 7) is 1.75. The molecule has 0 spiro atoms. The number of amides is 1. The monoisotopic (exact) mass is 349 g/mol. The number of carbonyl (C=O) groups excluding carboxylic acids is 2. The maximum Gasteiger partial charge on any atom is 0.306 e. The predicted molar refractivity (Wildman–Crippen MR) is 92.8 cm³/mol. The lowest BCUT2D eigenvalue weighted by molar-refractivity contribution is -0.152. The largest absolute Gasteiger partial charge is 0.461 e. The Kier molecular flexibility index (Phi) is 7.88. The molecule has 0 aliphatic carbocycles. The highest BCUT2D eigenvalue weighted by atomic mass is 16.5. The maximum atomic E-state index is 12.2. The van der Waals surface area contributed by atoms with Crippen LogP contribution < -0.4 is 0 Å². The lowest BCUT2D eigenvalue weighted by atomic mass is 9.95. The summed E-state index contributed by atoms with van der Waals surface area (Å²) in [7, 11) is 3.36. The van der Waals surface area contributed by atoms with Crippen molar-refractivity contribution in [1.82, 2.24) is 4.90 Å². The number of nitrogens with zero attached hydrogens (tertiary/aromatic N) is 1. The number of ether oxygens (including phenoxy) is 3. The SMILES string of the molecule is COCCN(C)C(=O)[C@@H]1CC[C@@H](CC(=O)OCc2ccccc2)CO1. The molecular formula is C19H27NO5. The van der Waals surface area contributed by atoms with Crippen molar-refractivity contribution in [3.8, 4) is 0 Å². The Labute approximate surface area is 149 Å². The van der Waals surface area contributed by atoms with Gasteiger partial charge in [-0.1, -0.05) is 30.3 Å². The van der Waals surface area contributed by atoms with Gasteiger partial charge in [0.1, 0.15) is 12.7 Å². The van der Waals surface area contributed by atoms with Crippen molar-refractivity contribution in [1.29, 1.82) is 0 Å². The van der Waals surface area contributed by atoms with E-state index in [0.29, 0.717) is 39.2 Å². The number of rotatable bonds is 8. The molecule has 1 amide bonds. The fourth-order valence-corrected chi connectivity index (χ4v) is 2.78. The topological polar surface area (TPSA) is 65.1 Å². The molecule has 1 aromatic rings. The molecule has 138 valence electrons. The molecule has 6 nitrogen and oxygen atoms in total. The van der Waals surface area contributed by atoms with Crippen LogP contribution in [0.2, 0.25) is 0 Å². The van der Waals surface area contributed by atoms with Crippen LogP contribution in [0.25, 0.3) is 0 Å². The quantitative estimate of drug-likeness (QED) is 0.672. The van der Waals surface area contributed by atoms with Crippen molar-refractivity contribution in [2.75, 3.05) is 33.9 Å². The van der Waals surface area contributed by atoms with Crippen molar-refractivity contribution >= 4 is 11.9 Å². The van der Waals surface area contributed by atoms with Crippen molar-refractivity contribution in [3.63, 3.8) is 0 Å². The zero-order valence-corrected chi connectivity index (χ0v) is 15.0. The summed E-state index contributed by atoms with van der Waals surface area (Å²) in [5.74, 6) is -0.141. The van der Waals surface area contributed by atoms with Crippen LogP contribution in [-0.4, -0.2) is 56.8 Å². The third kappa shape index (κ3) is 6.48. The molecule has 1 heterocycles. The third-order valence-electron chi connectivity index (χ3n) is 4.35. The van der Waals surface area contributed by atoms with Crippen LogP contribution >= 0.6 is 0 Å². The van der Waals surface area contributed by atoms with Crippen LogP contribution in [0.4, 0.5) is 0 Å². The van der Waals surface area contributed by atoms with E-state index in [2.05, 4.69) is 0 Å². The van der Waals surface area contributed by atoms with E-state index in [1.807, 2.05) is 30.3 Å². The van der Waals surface area contributed by atoms with Crippen LogP contribution in [0.15, 0.2) is 30.3 Å². The highest BCUT2D eigenvalue weighted by Crippen LogP contribution is 2.23. The molecule has 0 N–H and O–H groups in total. The first-order valence-corrected chi connectivity index (χ1v) is 8.65. The Morgan fingerprint density at radius 2 is 2.00 bits per heavy atom. The van der Waals surface area contributed by atoms with Crippen LogP contribution in [-0.2, 0) is 30.4 Å². The van der Waals surface area contributed by atoms with Gasteiger partial charge in [0.05, 0.1) is 19.6 Å². The van der Waals surface area contributed by atoms with E-state index < -0.39 is 6.10 Å². The third-order valence-corrected chi connectivity index (χ3v) is 4.35. The first-order valence-electron chi connectivity index (χ1n) is 8.65. The second-order valence-corrected chi connectivity index (χ2v) is 6.37. The lowest BCUT2D eigenvalue weighted by Crippen LogP contribution is -2.42. The number of esters is 1. The van der Waals surface area contributed by atoms with Gasteiger partial charge >= 0.3 is 5.97 Å². The average molecular weight is 349 g/mol. The molecule has 0 aromatic heterocycles. The van der Waals surface area contributed by atoms with Gasteiger partial charge < -0.3 is 19.1 Å². The van der Waals surface area contributed by atoms with Gasteiger partial charge in [-0.25, -0.2) is 0 Å². The number of benzene rings is 1. The van der Waals surface area contributed by atoms with Crippen LogP contribution in [0.1, 0.15) is 24.8 Å². The number of methoxy groups -OCH3 is 1. The molecule has 1 fully saturated rings. The first-order chi connectivity index (χ1) is 12.1. The molecule has 1 aliphatic heterocycles. The zero-order chi connectivity index (χ0) is 18.1. The molecule has 1 saturated heterocycles.